The van der Waals surface area contributed by atoms with Crippen molar-refractivity contribution in [1.82, 2.24) is 0 Å². The van der Waals surface area contributed by atoms with E-state index in [2.05, 4.69) is 38.0 Å². The minimum absolute atomic E-state index is 0.0512. The summed E-state index contributed by atoms with van der Waals surface area (Å²) >= 11 is 0. The molecule has 15 heteroatoms. The van der Waals surface area contributed by atoms with E-state index < -0.39 is 30.4 Å². The fraction of sp³-hybridized carbons (Fsp3) is 0.600. The van der Waals surface area contributed by atoms with Gasteiger partial charge in [-0.2, -0.15) is 0 Å². The number of carbonyl (C=O) groups is 2. The Kier molecular flexibility index (Phi) is 35.8. The number of hydrogen-bond donors (Lipinski definition) is 6. The van der Waals surface area contributed by atoms with Gasteiger partial charge >= 0.3 is 5.97 Å². The van der Waals surface area contributed by atoms with Gasteiger partial charge in [0.25, 0.3) is 0 Å². The lowest BCUT2D eigenvalue weighted by Crippen LogP contribution is -2.30. The molecule has 0 spiro atoms. The van der Waals surface area contributed by atoms with Gasteiger partial charge in [-0.05, 0) is 88.9 Å². The number of esters is 1. The molecule has 0 heterocycles. The van der Waals surface area contributed by atoms with Gasteiger partial charge in [0.1, 0.15) is 24.6 Å². The molecule has 0 amide bonds. The molecule has 0 saturated carbocycles. The summed E-state index contributed by atoms with van der Waals surface area (Å²) in [5, 5.41) is 53.4. The van der Waals surface area contributed by atoms with Crippen LogP contribution in [-0.4, -0.2) is 140 Å². The van der Waals surface area contributed by atoms with E-state index in [1.165, 1.54) is 13.8 Å². The van der Waals surface area contributed by atoms with Gasteiger partial charge < -0.3 is 63.8 Å². The van der Waals surface area contributed by atoms with E-state index in [1.807, 2.05) is 0 Å². The van der Waals surface area contributed by atoms with Crippen molar-refractivity contribution in [3.63, 3.8) is 0 Å². The average molecular weight is 789 g/mol. The first-order valence-corrected chi connectivity index (χ1v) is 17.8. The summed E-state index contributed by atoms with van der Waals surface area (Å²) in [4.78, 5) is 22.7. The van der Waals surface area contributed by atoms with Gasteiger partial charge in [-0.1, -0.05) is 39.7 Å². The summed E-state index contributed by atoms with van der Waals surface area (Å²) in [5.74, 6) is -0.166. The molecule has 0 aromatic heterocycles. The lowest BCUT2D eigenvalue weighted by Gasteiger charge is -2.15. The summed E-state index contributed by atoms with van der Waals surface area (Å²) < 4.78 is 35.1. The second-order valence-electron chi connectivity index (χ2n) is 12.4. The Hall–Kier alpha value is -3.32. The van der Waals surface area contributed by atoms with Crippen LogP contribution in [0.1, 0.15) is 71.7 Å². The molecule has 0 saturated heterocycles. The predicted molar refractivity (Wildman–Crippen MR) is 209 cm³/mol. The van der Waals surface area contributed by atoms with Crippen LogP contribution in [0.2, 0.25) is 0 Å². The van der Waals surface area contributed by atoms with E-state index >= 15 is 0 Å². The van der Waals surface area contributed by atoms with Crippen LogP contribution in [0.3, 0.4) is 0 Å². The van der Waals surface area contributed by atoms with E-state index in [-0.39, 0.29) is 45.4 Å². The number of ketones is 1. The first kappa shape index (κ1) is 56.0. The number of ether oxygens (including phenoxy) is 7. The number of aliphatic hydroxyl groups is 6. The number of unbranched alkanes of at least 4 members (excludes halogenated alkanes) is 1. The molecular formula is C40H68O15. The SMILES string of the molecule is C=C(C)C(=O)OCCOCCOCCOC(O)C(=C)C.C=C(C)C(O)OCCCC.C=C(C)C(O)OCCO.CC(C)(O)C(=O)c1ccc(OCCO)cc1. The van der Waals surface area contributed by atoms with Crippen LogP contribution >= 0.6 is 0 Å². The molecule has 1 aromatic carbocycles. The zero-order valence-corrected chi connectivity index (χ0v) is 33.9. The topological polar surface area (TPSA) is 220 Å². The Bertz CT molecular complexity index is 1190. The molecule has 0 aliphatic rings. The van der Waals surface area contributed by atoms with Gasteiger partial charge in [-0.25, -0.2) is 4.79 Å². The van der Waals surface area contributed by atoms with Crippen LogP contribution in [-0.2, 0) is 33.2 Å². The number of Topliss-reactive ketones (excluding diaryl/α,β-unsaturated/α-hetero) is 1. The molecule has 55 heavy (non-hydrogen) atoms. The second kappa shape index (κ2) is 35.1. The molecule has 0 aliphatic heterocycles. The van der Waals surface area contributed by atoms with Gasteiger partial charge in [0.15, 0.2) is 24.7 Å². The molecule has 0 radical (unpaired) electrons. The highest BCUT2D eigenvalue weighted by Gasteiger charge is 2.24. The molecule has 1 aromatic rings. The highest BCUT2D eigenvalue weighted by atomic mass is 16.6. The lowest BCUT2D eigenvalue weighted by atomic mass is 9.97. The van der Waals surface area contributed by atoms with Crippen molar-refractivity contribution >= 4 is 11.8 Å². The van der Waals surface area contributed by atoms with Gasteiger partial charge in [-0.15, -0.1) is 0 Å². The average Bonchev–Trinajstić information content (AvgIpc) is 3.13. The van der Waals surface area contributed by atoms with E-state index in [4.69, 9.17) is 48.8 Å². The van der Waals surface area contributed by atoms with Crippen molar-refractivity contribution in [2.24, 2.45) is 0 Å². The van der Waals surface area contributed by atoms with Gasteiger partial charge in [0.2, 0.25) is 0 Å². The Morgan fingerprint density at radius 1 is 0.655 bits per heavy atom. The number of hydrogen-bond acceptors (Lipinski definition) is 15. The molecule has 6 N–H and O–H groups in total. The highest BCUT2D eigenvalue weighted by Crippen LogP contribution is 2.17. The second-order valence-corrected chi connectivity index (χ2v) is 12.4. The van der Waals surface area contributed by atoms with Crippen LogP contribution in [0.5, 0.6) is 5.75 Å². The zero-order chi connectivity index (χ0) is 42.8. The molecule has 318 valence electrons. The molecule has 1 rings (SSSR count). The Morgan fingerprint density at radius 2 is 1.07 bits per heavy atom. The number of carbonyl (C=O) groups excluding carboxylic acids is 2. The van der Waals surface area contributed by atoms with Crippen LogP contribution in [0.15, 0.2) is 72.9 Å². The van der Waals surface area contributed by atoms with E-state index in [9.17, 15) is 19.8 Å². The Morgan fingerprint density at radius 3 is 1.47 bits per heavy atom. The van der Waals surface area contributed by atoms with Gasteiger partial charge in [0.05, 0.1) is 59.5 Å². The minimum atomic E-state index is -1.37. The number of benzene rings is 1. The minimum Gasteiger partial charge on any atom is -0.491 e. The van der Waals surface area contributed by atoms with Crippen LogP contribution in [0.25, 0.3) is 0 Å². The van der Waals surface area contributed by atoms with E-state index in [1.54, 1.807) is 52.0 Å². The Balaban J connectivity index is -0.000000690. The van der Waals surface area contributed by atoms with Crippen molar-refractivity contribution in [1.29, 1.82) is 0 Å². The largest absolute Gasteiger partial charge is 0.491 e. The number of rotatable bonds is 26. The van der Waals surface area contributed by atoms with Crippen molar-refractivity contribution in [2.45, 2.75) is 85.8 Å². The Labute approximate surface area is 327 Å². The zero-order valence-electron chi connectivity index (χ0n) is 33.9. The van der Waals surface area contributed by atoms with E-state index in [0.29, 0.717) is 66.6 Å². The van der Waals surface area contributed by atoms with E-state index in [0.717, 1.165) is 12.8 Å². The standard InChI is InChI=1S/C14H24O6.C12H16O4.C8H16O2.C6H12O3/c1-11(2)13(15)19-9-7-17-5-6-18-8-10-20-14(16)12(3)4;1-12(2,15)11(14)9-3-5-10(6-4-9)16-8-7-13;1-4-5-6-10-8(9)7(2)3;1-5(2)6(8)9-4-3-7/h13,15H,1,3,5-10H2,2,4H3;3-6,13,15H,7-8H2,1-2H3;8-9H,2,4-6H2,1,3H3;6-8H,1,3-4H2,2H3. The first-order valence-electron chi connectivity index (χ1n) is 17.8. The predicted octanol–water partition coefficient (Wildman–Crippen LogP) is 3.65. The van der Waals surface area contributed by atoms with Crippen molar-refractivity contribution in [3.8, 4) is 5.75 Å². The summed E-state index contributed by atoms with van der Waals surface area (Å²) in [6.45, 7) is 28.5. The van der Waals surface area contributed by atoms with Crippen LogP contribution in [0.4, 0.5) is 0 Å². The molecule has 15 nitrogen and oxygen atoms in total. The summed E-state index contributed by atoms with van der Waals surface area (Å²) in [6.07, 6.45) is -0.575. The van der Waals surface area contributed by atoms with Crippen molar-refractivity contribution in [2.75, 3.05) is 72.7 Å². The van der Waals surface area contributed by atoms with Crippen LogP contribution in [0, 0.1) is 0 Å². The lowest BCUT2D eigenvalue weighted by molar-refractivity contribution is -0.140. The monoisotopic (exact) mass is 788 g/mol. The quantitative estimate of drug-likeness (QED) is 0.0197. The normalized spacial score (nSPS) is 12.2. The smallest absolute Gasteiger partial charge is 0.333 e. The van der Waals surface area contributed by atoms with Crippen molar-refractivity contribution < 1.29 is 73.4 Å². The molecular weight excluding hydrogens is 720 g/mol. The van der Waals surface area contributed by atoms with Gasteiger partial charge in [-0.3, -0.25) is 4.79 Å². The maximum absolute atomic E-state index is 11.7. The third-order valence-electron chi connectivity index (χ3n) is 6.12. The molecule has 3 unspecified atom stereocenters. The fourth-order valence-electron chi connectivity index (χ4n) is 3.01. The van der Waals surface area contributed by atoms with Crippen molar-refractivity contribution in [3.05, 3.63) is 78.4 Å². The summed E-state index contributed by atoms with van der Waals surface area (Å²) in [7, 11) is 0. The number of aliphatic hydroxyl groups excluding tert-OH is 5. The maximum atomic E-state index is 11.7. The van der Waals surface area contributed by atoms with Gasteiger partial charge in [0, 0.05) is 11.1 Å². The fourth-order valence-corrected chi connectivity index (χ4v) is 3.01. The van der Waals surface area contributed by atoms with Crippen LogP contribution < -0.4 is 4.74 Å². The molecule has 3 atom stereocenters. The molecule has 0 fully saturated rings. The third-order valence-corrected chi connectivity index (χ3v) is 6.12. The first-order chi connectivity index (χ1) is 25.8. The highest BCUT2D eigenvalue weighted by molar-refractivity contribution is 6.01. The third kappa shape index (κ3) is 34.9. The summed E-state index contributed by atoms with van der Waals surface area (Å²) in [6, 6.07) is 6.45. The summed E-state index contributed by atoms with van der Waals surface area (Å²) in [5.41, 5.74) is 1.19. The molecule has 0 bridgehead atoms. The maximum Gasteiger partial charge on any atom is 0.333 e. The molecule has 0 aliphatic carbocycles.